The number of rotatable bonds is 6. The van der Waals surface area contributed by atoms with E-state index in [1.807, 2.05) is 5.38 Å². The highest BCUT2D eigenvalue weighted by Crippen LogP contribution is 2.40. The van der Waals surface area contributed by atoms with Crippen LogP contribution in [-0.2, 0) is 22.4 Å². The summed E-state index contributed by atoms with van der Waals surface area (Å²) in [5.74, 6) is -0.601. The van der Waals surface area contributed by atoms with E-state index >= 15 is 0 Å². The van der Waals surface area contributed by atoms with Crippen LogP contribution in [0, 0.1) is 10.1 Å². The van der Waals surface area contributed by atoms with E-state index in [4.69, 9.17) is 44.6 Å². The molecule has 1 fully saturated rings. The number of halogens is 6. The van der Waals surface area contributed by atoms with Crippen molar-refractivity contribution in [1.29, 1.82) is 0 Å². The lowest BCUT2D eigenvalue weighted by Crippen LogP contribution is -2.41. The molecule has 5 rings (SSSR count). The number of amides is 1. The molecule has 0 saturated carbocycles. The van der Waals surface area contributed by atoms with Crippen LogP contribution in [0.3, 0.4) is 0 Å². The molecule has 2 aliphatic rings. The van der Waals surface area contributed by atoms with Crippen molar-refractivity contribution in [3.05, 3.63) is 87.1 Å². The van der Waals surface area contributed by atoms with Crippen LogP contribution in [0.4, 0.5) is 18.9 Å². The molecule has 1 unspecified atom stereocenters. The van der Waals surface area contributed by atoms with Gasteiger partial charge in [0, 0.05) is 47.5 Å². The lowest BCUT2D eigenvalue weighted by Gasteiger charge is -2.31. The number of alkyl halides is 3. The van der Waals surface area contributed by atoms with Gasteiger partial charge in [-0.1, -0.05) is 40.0 Å². The van der Waals surface area contributed by atoms with Gasteiger partial charge in [-0.05, 0) is 25.0 Å². The molecule has 0 radical (unpaired) electrons. The number of nitro groups is 1. The van der Waals surface area contributed by atoms with Crippen molar-refractivity contribution >= 4 is 63.4 Å². The van der Waals surface area contributed by atoms with Gasteiger partial charge in [0.05, 0.1) is 31.9 Å². The number of hydrogen-bond acceptors (Lipinski definition) is 8. The zero-order chi connectivity index (χ0) is 30.3. The number of piperidine rings is 1. The van der Waals surface area contributed by atoms with Crippen molar-refractivity contribution in [1.82, 2.24) is 14.5 Å². The summed E-state index contributed by atoms with van der Waals surface area (Å²) in [6.45, 7) is -0.208. The Morgan fingerprint density at radius 1 is 1.17 bits per heavy atom. The fourth-order valence-electron chi connectivity index (χ4n) is 4.81. The van der Waals surface area contributed by atoms with E-state index in [1.165, 1.54) is 16.2 Å². The van der Waals surface area contributed by atoms with Crippen molar-refractivity contribution in [3.63, 3.8) is 0 Å². The first-order valence-corrected chi connectivity index (χ1v) is 14.4. The number of hydrogen-bond donors (Lipinski definition) is 0. The highest BCUT2D eigenvalue weighted by Gasteiger charge is 2.37. The molecule has 0 bridgehead atoms. The molecule has 4 heterocycles. The largest absolute Gasteiger partial charge is 0.421 e. The minimum Gasteiger partial charge on any atom is -0.387 e. The van der Waals surface area contributed by atoms with Crippen molar-refractivity contribution in [2.45, 2.75) is 44.0 Å². The summed E-state index contributed by atoms with van der Waals surface area (Å²) < 4.78 is 40.2. The van der Waals surface area contributed by atoms with Gasteiger partial charge >= 0.3 is 6.18 Å². The average molecular weight is 665 g/mol. The molecule has 222 valence electrons. The molecule has 0 aliphatic carbocycles. The summed E-state index contributed by atoms with van der Waals surface area (Å²) in [6, 6.07) is 3.32. The van der Waals surface area contributed by atoms with E-state index in [0.717, 1.165) is 5.01 Å². The summed E-state index contributed by atoms with van der Waals surface area (Å²) in [4.78, 5) is 46.9. The summed E-state index contributed by atoms with van der Waals surface area (Å²) >= 11 is 20.1. The Bertz CT molecular complexity index is 1630. The first kappa shape index (κ1) is 30.3. The van der Waals surface area contributed by atoms with Crippen LogP contribution in [0.1, 0.15) is 53.1 Å². The van der Waals surface area contributed by atoms with Crippen LogP contribution >= 0.6 is 46.1 Å². The van der Waals surface area contributed by atoms with Crippen LogP contribution in [0.15, 0.2) is 39.7 Å². The first-order chi connectivity index (χ1) is 19.8. The quantitative estimate of drug-likeness (QED) is 0.220. The zero-order valence-electron chi connectivity index (χ0n) is 21.2. The second-order valence-electron chi connectivity index (χ2n) is 9.65. The molecule has 0 N–H and O–H groups in total. The summed E-state index contributed by atoms with van der Waals surface area (Å²) in [5, 5.41) is 19.1. The molecule has 42 heavy (non-hydrogen) atoms. The molecular weight excluding hydrogens is 646 g/mol. The van der Waals surface area contributed by atoms with E-state index in [0.29, 0.717) is 62.1 Å². The second-order valence-corrected chi connectivity index (χ2v) is 11.8. The number of likely N-dealkylation sites (tertiary alicyclic amines) is 1. The number of oxime groups is 1. The van der Waals surface area contributed by atoms with Gasteiger partial charge in [0.15, 0.2) is 6.10 Å². The molecule has 1 atom stereocenters. The Balaban J connectivity index is 1.21. The van der Waals surface area contributed by atoms with Crippen molar-refractivity contribution in [2.75, 3.05) is 13.1 Å². The van der Waals surface area contributed by atoms with E-state index in [2.05, 4.69) is 5.16 Å². The van der Waals surface area contributed by atoms with Gasteiger partial charge in [0.2, 0.25) is 5.91 Å². The maximum atomic E-state index is 13.2. The maximum absolute atomic E-state index is 13.2. The molecule has 1 aromatic carbocycles. The lowest BCUT2D eigenvalue weighted by molar-refractivity contribution is -0.385. The molecule has 0 spiro atoms. The van der Waals surface area contributed by atoms with E-state index in [1.54, 1.807) is 12.1 Å². The van der Waals surface area contributed by atoms with E-state index in [9.17, 15) is 32.9 Å². The molecule has 10 nitrogen and oxygen atoms in total. The number of thiazole rings is 1. The molecule has 17 heteroatoms. The predicted octanol–water partition coefficient (Wildman–Crippen LogP) is 6.46. The minimum absolute atomic E-state index is 0.0176. The van der Waals surface area contributed by atoms with E-state index < -0.39 is 46.5 Å². The topological polar surface area (TPSA) is 120 Å². The van der Waals surface area contributed by atoms with Crippen LogP contribution in [0.5, 0.6) is 0 Å². The molecule has 1 amide bonds. The Morgan fingerprint density at radius 3 is 2.45 bits per heavy atom. The molecule has 2 aromatic heterocycles. The number of pyridine rings is 1. The van der Waals surface area contributed by atoms with E-state index in [-0.39, 0.29) is 25.1 Å². The van der Waals surface area contributed by atoms with Gasteiger partial charge in [-0.25, -0.2) is 4.98 Å². The second kappa shape index (κ2) is 11.8. The molecule has 2 aliphatic heterocycles. The summed E-state index contributed by atoms with van der Waals surface area (Å²) in [5.41, 5.74) is -2.31. The number of aromatic nitrogens is 2. The van der Waals surface area contributed by atoms with Crippen LogP contribution in [0.2, 0.25) is 15.1 Å². The van der Waals surface area contributed by atoms with Crippen LogP contribution in [-0.4, -0.2) is 44.1 Å². The number of nitrogens with zero attached hydrogens (tertiary/aromatic N) is 5. The third kappa shape index (κ3) is 6.26. The third-order valence-electron chi connectivity index (χ3n) is 6.94. The normalized spacial score (nSPS) is 17.7. The van der Waals surface area contributed by atoms with Crippen molar-refractivity contribution < 1.29 is 27.7 Å². The monoisotopic (exact) mass is 663 g/mol. The fraction of sp³-hybridized carbons (Fsp3) is 0.360. The van der Waals surface area contributed by atoms with Gasteiger partial charge < -0.3 is 9.74 Å². The fourth-order valence-corrected chi connectivity index (χ4v) is 6.87. The average Bonchev–Trinajstić information content (AvgIpc) is 3.59. The summed E-state index contributed by atoms with van der Waals surface area (Å²) in [7, 11) is 0. The summed E-state index contributed by atoms with van der Waals surface area (Å²) in [6.07, 6.45) is -3.51. The Hall–Kier alpha value is -3.20. The number of carbonyl (C=O) groups is 1. The number of carbonyl (C=O) groups excluding carboxylic acids is 1. The molecular formula is C25H19Cl3F3N5O5S. The standard InChI is InChI=1S/C25H19Cl3F3N5O5S/c26-13-5-16(27)22(17(28)6-13)20-8-18(33-41-20)19-11-42-23(32-19)12-1-3-34(4-2-12)21(37)10-35-9-14(36(39)40)7-15(24(35)38)25(29,30)31/h5-7,9,11-12,20H,1-4,8,10H2. The smallest absolute Gasteiger partial charge is 0.387 e. The number of benzene rings is 1. The van der Waals surface area contributed by atoms with Gasteiger partial charge in [0.25, 0.3) is 11.2 Å². The SMILES string of the molecule is O=C(Cn1cc([N+](=O)[O-])cc(C(F)(F)F)c1=O)N1CCC(c2nc(C3=NOC(c4c(Cl)cc(Cl)cc4Cl)C3)cs2)CC1. The molecule has 3 aromatic rings. The Morgan fingerprint density at radius 2 is 1.83 bits per heavy atom. The first-order valence-electron chi connectivity index (χ1n) is 12.4. The van der Waals surface area contributed by atoms with Gasteiger partial charge in [-0.3, -0.25) is 24.3 Å². The van der Waals surface area contributed by atoms with Gasteiger partial charge in [0.1, 0.15) is 17.8 Å². The predicted molar refractivity (Wildman–Crippen MR) is 149 cm³/mol. The minimum atomic E-state index is -5.11. The van der Waals surface area contributed by atoms with Crippen molar-refractivity contribution in [2.24, 2.45) is 5.16 Å². The molecule has 1 saturated heterocycles. The zero-order valence-corrected chi connectivity index (χ0v) is 24.3. The van der Waals surface area contributed by atoms with Crippen LogP contribution < -0.4 is 5.56 Å². The van der Waals surface area contributed by atoms with Crippen LogP contribution in [0.25, 0.3) is 0 Å². The maximum Gasteiger partial charge on any atom is 0.421 e. The highest BCUT2D eigenvalue weighted by atomic mass is 35.5. The lowest BCUT2D eigenvalue weighted by atomic mass is 9.97. The third-order valence-corrected chi connectivity index (χ3v) is 8.79. The Kier molecular flexibility index (Phi) is 8.52. The highest BCUT2D eigenvalue weighted by molar-refractivity contribution is 7.10. The van der Waals surface area contributed by atoms with Crippen molar-refractivity contribution in [3.8, 4) is 0 Å². The Labute approximate surface area is 254 Å². The van der Waals surface area contributed by atoms with Gasteiger partial charge in [-0.2, -0.15) is 13.2 Å². The van der Waals surface area contributed by atoms with Gasteiger partial charge in [-0.15, -0.1) is 11.3 Å².